The van der Waals surface area contributed by atoms with E-state index >= 15 is 0 Å². The molecule has 0 saturated carbocycles. The van der Waals surface area contributed by atoms with Crippen LogP contribution in [0.5, 0.6) is 0 Å². The minimum absolute atomic E-state index is 0.00338. The first-order valence-electron chi connectivity index (χ1n) is 7.16. The predicted octanol–water partition coefficient (Wildman–Crippen LogP) is 4.66. The van der Waals surface area contributed by atoms with Crippen molar-refractivity contribution in [3.8, 4) is 0 Å². The second-order valence-corrected chi connectivity index (χ2v) is 5.98. The van der Waals surface area contributed by atoms with Crippen LogP contribution in [0.2, 0.25) is 0 Å². The van der Waals surface area contributed by atoms with Crippen molar-refractivity contribution >= 4 is 0 Å². The van der Waals surface area contributed by atoms with Crippen molar-refractivity contribution < 1.29 is 35.8 Å². The molecule has 0 fully saturated rings. The molecule has 1 rings (SSSR count). The number of aliphatic hydroxyl groups is 1. The van der Waals surface area contributed by atoms with Gasteiger partial charge in [-0.25, -0.2) is 4.39 Å². The first-order chi connectivity index (χ1) is 10.7. The molecule has 1 aromatic carbocycles. The topological polar surface area (TPSA) is 46.2 Å². The monoisotopic (exact) mass is 361 g/mol. The van der Waals surface area contributed by atoms with E-state index in [0.29, 0.717) is 6.42 Å². The summed E-state index contributed by atoms with van der Waals surface area (Å²) in [6, 6.07) is -2.02. The number of hydrogen-bond donors (Lipinski definition) is 2. The summed E-state index contributed by atoms with van der Waals surface area (Å²) in [5, 5.41) is 9.88. The maximum atomic E-state index is 14.0. The molecule has 0 radical (unpaired) electrons. The molecule has 24 heavy (non-hydrogen) atoms. The Morgan fingerprint density at radius 2 is 1.54 bits per heavy atom. The van der Waals surface area contributed by atoms with Crippen LogP contribution in [0.25, 0.3) is 0 Å². The third-order valence-electron chi connectivity index (χ3n) is 3.55. The van der Waals surface area contributed by atoms with Crippen molar-refractivity contribution in [3.63, 3.8) is 0 Å². The van der Waals surface area contributed by atoms with Crippen LogP contribution in [-0.4, -0.2) is 11.2 Å². The van der Waals surface area contributed by atoms with E-state index in [1.54, 1.807) is 13.8 Å². The van der Waals surface area contributed by atoms with Gasteiger partial charge >= 0.3 is 12.4 Å². The highest BCUT2D eigenvalue weighted by Crippen LogP contribution is 2.41. The van der Waals surface area contributed by atoms with Gasteiger partial charge in [0.05, 0.1) is 23.3 Å². The van der Waals surface area contributed by atoms with Gasteiger partial charge in [0.25, 0.3) is 0 Å². The van der Waals surface area contributed by atoms with Gasteiger partial charge < -0.3 is 10.8 Å². The van der Waals surface area contributed by atoms with Crippen molar-refractivity contribution in [3.05, 3.63) is 34.6 Å². The summed E-state index contributed by atoms with van der Waals surface area (Å²) >= 11 is 0. The summed E-state index contributed by atoms with van der Waals surface area (Å²) in [7, 11) is 0. The molecule has 0 aliphatic heterocycles. The molecule has 1 aromatic rings. The molecule has 0 heterocycles. The van der Waals surface area contributed by atoms with E-state index in [1.165, 1.54) is 0 Å². The van der Waals surface area contributed by atoms with E-state index in [0.717, 1.165) is 0 Å². The average Bonchev–Trinajstić information content (AvgIpc) is 2.41. The Morgan fingerprint density at radius 3 is 1.96 bits per heavy atom. The molecule has 2 nitrogen and oxygen atoms in total. The van der Waals surface area contributed by atoms with Crippen molar-refractivity contribution in [2.75, 3.05) is 0 Å². The number of benzene rings is 1. The maximum absolute atomic E-state index is 14.0. The molecule has 2 atom stereocenters. The second-order valence-electron chi connectivity index (χ2n) is 5.98. The molecule has 138 valence electrons. The van der Waals surface area contributed by atoms with Crippen LogP contribution in [0.3, 0.4) is 0 Å². The van der Waals surface area contributed by atoms with Gasteiger partial charge in [-0.2, -0.15) is 26.3 Å². The number of alkyl halides is 6. The van der Waals surface area contributed by atoms with Crippen molar-refractivity contribution in [1.82, 2.24) is 0 Å². The van der Waals surface area contributed by atoms with E-state index in [2.05, 4.69) is 0 Å². The SMILES string of the molecule is CC(C)CC[C@H](O)[C@H](N)c1c(F)cc(C(F)(F)F)cc1C(F)(F)F. The normalized spacial score (nSPS) is 15.7. The van der Waals surface area contributed by atoms with Gasteiger partial charge in [0.15, 0.2) is 0 Å². The lowest BCUT2D eigenvalue weighted by molar-refractivity contribution is -0.144. The molecule has 0 unspecified atom stereocenters. The van der Waals surface area contributed by atoms with Gasteiger partial charge in [0.2, 0.25) is 0 Å². The van der Waals surface area contributed by atoms with Gasteiger partial charge in [-0.05, 0) is 30.9 Å². The minimum Gasteiger partial charge on any atom is -0.391 e. The number of aliphatic hydroxyl groups excluding tert-OH is 1. The Bertz CT molecular complexity index is 566. The van der Waals surface area contributed by atoms with E-state index in [4.69, 9.17) is 5.73 Å². The smallest absolute Gasteiger partial charge is 0.391 e. The summed E-state index contributed by atoms with van der Waals surface area (Å²) < 4.78 is 91.0. The summed E-state index contributed by atoms with van der Waals surface area (Å²) in [4.78, 5) is 0. The summed E-state index contributed by atoms with van der Waals surface area (Å²) in [6.07, 6.45) is -11.5. The summed E-state index contributed by atoms with van der Waals surface area (Å²) in [5.41, 5.74) is 0.759. The largest absolute Gasteiger partial charge is 0.416 e. The van der Waals surface area contributed by atoms with Crippen LogP contribution in [0.4, 0.5) is 30.7 Å². The van der Waals surface area contributed by atoms with Gasteiger partial charge in [0, 0.05) is 5.56 Å². The lowest BCUT2D eigenvalue weighted by atomic mass is 9.91. The van der Waals surface area contributed by atoms with E-state index in [-0.39, 0.29) is 24.5 Å². The third-order valence-corrected chi connectivity index (χ3v) is 3.55. The van der Waals surface area contributed by atoms with Crippen molar-refractivity contribution in [2.24, 2.45) is 11.7 Å². The van der Waals surface area contributed by atoms with Gasteiger partial charge in [-0.15, -0.1) is 0 Å². The van der Waals surface area contributed by atoms with Crippen LogP contribution in [0, 0.1) is 11.7 Å². The van der Waals surface area contributed by atoms with Gasteiger partial charge in [-0.1, -0.05) is 13.8 Å². The van der Waals surface area contributed by atoms with Crippen LogP contribution in [0.1, 0.15) is 49.4 Å². The Kier molecular flexibility index (Phi) is 6.26. The Balaban J connectivity index is 3.36. The minimum atomic E-state index is -5.24. The van der Waals surface area contributed by atoms with Gasteiger partial charge in [-0.3, -0.25) is 0 Å². The molecule has 0 aliphatic carbocycles. The standard InChI is InChI=1S/C15H18F7NO/c1-7(2)3-4-11(24)13(23)12-9(15(20,21)22)5-8(6-10(12)16)14(17,18)19/h5-7,11,13,24H,3-4,23H2,1-2H3/t11-,13-/m0/s1. The maximum Gasteiger partial charge on any atom is 0.416 e. The van der Waals surface area contributed by atoms with Crippen LogP contribution in [0.15, 0.2) is 12.1 Å². The first-order valence-corrected chi connectivity index (χ1v) is 7.16. The first kappa shape index (κ1) is 20.7. The molecular weight excluding hydrogens is 343 g/mol. The predicted molar refractivity (Wildman–Crippen MR) is 73.4 cm³/mol. The van der Waals surface area contributed by atoms with Crippen LogP contribution >= 0.6 is 0 Å². The molecule has 0 spiro atoms. The summed E-state index contributed by atoms with van der Waals surface area (Å²) in [6.45, 7) is 3.61. The lowest BCUT2D eigenvalue weighted by Crippen LogP contribution is -2.30. The van der Waals surface area contributed by atoms with E-state index < -0.39 is 47.0 Å². The van der Waals surface area contributed by atoms with Gasteiger partial charge in [0.1, 0.15) is 5.82 Å². The second kappa shape index (κ2) is 7.26. The molecular formula is C15H18F7NO. The number of rotatable bonds is 5. The zero-order chi connectivity index (χ0) is 18.9. The third kappa shape index (κ3) is 5.07. The molecule has 0 amide bonds. The molecule has 0 saturated heterocycles. The van der Waals surface area contributed by atoms with Crippen molar-refractivity contribution in [1.29, 1.82) is 0 Å². The number of halogens is 7. The zero-order valence-electron chi connectivity index (χ0n) is 13.0. The fraction of sp³-hybridized carbons (Fsp3) is 0.600. The molecule has 0 bridgehead atoms. The Morgan fingerprint density at radius 1 is 1.00 bits per heavy atom. The fourth-order valence-electron chi connectivity index (χ4n) is 2.23. The molecule has 0 aliphatic rings. The van der Waals surface area contributed by atoms with E-state index in [9.17, 15) is 35.8 Å². The van der Waals surface area contributed by atoms with Crippen molar-refractivity contribution in [2.45, 2.75) is 51.2 Å². The quantitative estimate of drug-likeness (QED) is 0.750. The van der Waals surface area contributed by atoms with Crippen LogP contribution in [-0.2, 0) is 12.4 Å². The highest BCUT2D eigenvalue weighted by Gasteiger charge is 2.41. The zero-order valence-corrected chi connectivity index (χ0v) is 13.0. The lowest BCUT2D eigenvalue weighted by Gasteiger charge is -2.25. The highest BCUT2D eigenvalue weighted by atomic mass is 19.4. The number of nitrogens with two attached hydrogens (primary N) is 1. The fourth-order valence-corrected chi connectivity index (χ4v) is 2.23. The molecule has 0 aromatic heterocycles. The number of hydrogen-bond acceptors (Lipinski definition) is 2. The Labute approximate surface area is 134 Å². The molecule has 9 heteroatoms. The van der Waals surface area contributed by atoms with E-state index in [1.807, 2.05) is 0 Å². The Hall–Kier alpha value is -1.35. The molecule has 3 N–H and O–H groups in total. The van der Waals surface area contributed by atoms with Crippen LogP contribution < -0.4 is 5.73 Å². The highest BCUT2D eigenvalue weighted by molar-refractivity contribution is 5.39. The average molecular weight is 361 g/mol. The summed E-state index contributed by atoms with van der Waals surface area (Å²) in [5.74, 6) is -1.63.